The third kappa shape index (κ3) is 6.30. The second kappa shape index (κ2) is 10.4. The maximum Gasteiger partial charge on any atom is 0.245 e. The van der Waals surface area contributed by atoms with Crippen LogP contribution in [0.2, 0.25) is 5.02 Å². The molecule has 0 radical (unpaired) electrons. The first kappa shape index (κ1) is 22.8. The molecule has 0 unspecified atom stereocenters. The molecule has 0 aliphatic carbocycles. The van der Waals surface area contributed by atoms with E-state index in [0.717, 1.165) is 11.1 Å². The van der Waals surface area contributed by atoms with Crippen LogP contribution in [0.4, 0.5) is 0 Å². The highest BCUT2D eigenvalue weighted by atomic mass is 35.5. The average molecular weight is 459 g/mol. The highest BCUT2D eigenvalue weighted by Gasteiger charge is 2.28. The van der Waals surface area contributed by atoms with Gasteiger partial charge in [0.25, 0.3) is 0 Å². The molecule has 0 aliphatic rings. The molecule has 3 rings (SSSR count). The van der Waals surface area contributed by atoms with Crippen LogP contribution in [0, 0.1) is 0 Å². The lowest BCUT2D eigenvalue weighted by atomic mass is 10.1. The van der Waals surface area contributed by atoms with Gasteiger partial charge in [0.1, 0.15) is 16.7 Å². The summed E-state index contributed by atoms with van der Waals surface area (Å²) in [5.74, 6) is -0.294. The molecular formula is C23H23ClN2O4S. The number of sulfonamides is 1. The van der Waals surface area contributed by atoms with Gasteiger partial charge in [0, 0.05) is 11.6 Å². The van der Waals surface area contributed by atoms with Gasteiger partial charge in [-0.1, -0.05) is 72.3 Å². The van der Waals surface area contributed by atoms with Gasteiger partial charge in [-0.25, -0.2) is 8.42 Å². The van der Waals surface area contributed by atoms with Gasteiger partial charge >= 0.3 is 0 Å². The monoisotopic (exact) mass is 458 g/mol. The van der Waals surface area contributed by atoms with Crippen LogP contribution in [0.15, 0.2) is 83.8 Å². The molecule has 0 fully saturated rings. The fourth-order valence-corrected chi connectivity index (χ4v) is 4.68. The molecule has 1 amide bonds. The normalized spacial score (nSPS) is 12.2. The number of carbonyl (C=O) groups excluding carboxylic acids is 1. The van der Waals surface area contributed by atoms with Crippen LogP contribution in [-0.2, 0) is 27.8 Å². The van der Waals surface area contributed by atoms with E-state index in [2.05, 4.69) is 10.0 Å². The molecule has 2 N–H and O–H groups in total. The Kier molecular flexibility index (Phi) is 7.68. The van der Waals surface area contributed by atoms with Gasteiger partial charge in [-0.05, 0) is 35.7 Å². The van der Waals surface area contributed by atoms with E-state index in [-0.39, 0.29) is 28.6 Å². The number of ether oxygens (including phenoxy) is 1. The minimum absolute atomic E-state index is 0.128. The van der Waals surface area contributed by atoms with Gasteiger partial charge in [0.15, 0.2) is 0 Å². The Morgan fingerprint density at radius 3 is 2.19 bits per heavy atom. The Hall–Kier alpha value is -2.87. The number of halogens is 1. The maximum atomic E-state index is 13.1. The SMILES string of the molecule is COc1ccc(Cl)cc1S(=O)(=O)N[C@H](Cc1ccccc1)C(=O)NCc1ccccc1. The summed E-state index contributed by atoms with van der Waals surface area (Å²) in [6, 6.07) is 21.9. The fraction of sp³-hybridized carbons (Fsp3) is 0.174. The summed E-state index contributed by atoms with van der Waals surface area (Å²) < 4.78 is 33.9. The van der Waals surface area contributed by atoms with Gasteiger partial charge in [-0.3, -0.25) is 4.79 Å². The number of nitrogens with one attached hydrogen (secondary N) is 2. The van der Waals surface area contributed by atoms with Crippen molar-refractivity contribution in [3.8, 4) is 5.75 Å². The lowest BCUT2D eigenvalue weighted by Crippen LogP contribution is -2.47. The first-order chi connectivity index (χ1) is 14.9. The second-order valence-electron chi connectivity index (χ2n) is 6.86. The minimum Gasteiger partial charge on any atom is -0.495 e. The molecule has 31 heavy (non-hydrogen) atoms. The Morgan fingerprint density at radius 2 is 1.58 bits per heavy atom. The first-order valence-electron chi connectivity index (χ1n) is 9.60. The summed E-state index contributed by atoms with van der Waals surface area (Å²) >= 11 is 6.00. The smallest absolute Gasteiger partial charge is 0.245 e. The van der Waals surface area contributed by atoms with Crippen molar-refractivity contribution in [2.75, 3.05) is 7.11 Å². The molecular weight excluding hydrogens is 436 g/mol. The highest BCUT2D eigenvalue weighted by molar-refractivity contribution is 7.89. The summed E-state index contributed by atoms with van der Waals surface area (Å²) in [4.78, 5) is 12.8. The molecule has 1 atom stereocenters. The lowest BCUT2D eigenvalue weighted by molar-refractivity contribution is -0.122. The van der Waals surface area contributed by atoms with Gasteiger partial charge in [-0.2, -0.15) is 4.72 Å². The van der Waals surface area contributed by atoms with Crippen molar-refractivity contribution in [1.82, 2.24) is 10.0 Å². The van der Waals surface area contributed by atoms with Crippen LogP contribution >= 0.6 is 11.6 Å². The number of amides is 1. The van der Waals surface area contributed by atoms with Crippen molar-refractivity contribution >= 4 is 27.5 Å². The zero-order chi connectivity index (χ0) is 22.3. The molecule has 3 aromatic carbocycles. The van der Waals surface area contributed by atoms with Crippen molar-refractivity contribution < 1.29 is 17.9 Å². The maximum absolute atomic E-state index is 13.1. The summed E-state index contributed by atoms with van der Waals surface area (Å²) in [6.07, 6.45) is 0.184. The van der Waals surface area contributed by atoms with E-state index < -0.39 is 22.0 Å². The van der Waals surface area contributed by atoms with E-state index in [9.17, 15) is 13.2 Å². The molecule has 0 bridgehead atoms. The van der Waals surface area contributed by atoms with Crippen molar-refractivity contribution in [1.29, 1.82) is 0 Å². The van der Waals surface area contributed by atoms with Crippen molar-refractivity contribution in [3.05, 3.63) is 95.0 Å². The number of benzene rings is 3. The number of hydrogen-bond donors (Lipinski definition) is 2. The fourth-order valence-electron chi connectivity index (χ4n) is 3.06. The number of methoxy groups -OCH3 is 1. The number of rotatable bonds is 9. The Bertz CT molecular complexity index is 1120. The van der Waals surface area contributed by atoms with Crippen molar-refractivity contribution in [2.45, 2.75) is 23.9 Å². The van der Waals surface area contributed by atoms with Crippen LogP contribution < -0.4 is 14.8 Å². The predicted molar refractivity (Wildman–Crippen MR) is 121 cm³/mol. The summed E-state index contributed by atoms with van der Waals surface area (Å²) in [5.41, 5.74) is 1.73. The largest absolute Gasteiger partial charge is 0.495 e. The predicted octanol–water partition coefficient (Wildman–Crippen LogP) is 3.55. The zero-order valence-electron chi connectivity index (χ0n) is 16.9. The highest BCUT2D eigenvalue weighted by Crippen LogP contribution is 2.27. The van der Waals surface area contributed by atoms with E-state index in [1.165, 1.54) is 25.3 Å². The van der Waals surface area contributed by atoms with E-state index in [1.807, 2.05) is 60.7 Å². The number of hydrogen-bond acceptors (Lipinski definition) is 4. The first-order valence-corrected chi connectivity index (χ1v) is 11.5. The molecule has 6 nitrogen and oxygen atoms in total. The van der Waals surface area contributed by atoms with Gasteiger partial charge in [0.2, 0.25) is 15.9 Å². The van der Waals surface area contributed by atoms with E-state index in [1.54, 1.807) is 0 Å². The van der Waals surface area contributed by atoms with E-state index >= 15 is 0 Å². The van der Waals surface area contributed by atoms with Crippen molar-refractivity contribution in [2.24, 2.45) is 0 Å². The molecule has 0 aliphatic heterocycles. The third-order valence-electron chi connectivity index (χ3n) is 4.62. The van der Waals surface area contributed by atoms with Gasteiger partial charge in [-0.15, -0.1) is 0 Å². The van der Waals surface area contributed by atoms with Crippen LogP contribution in [0.25, 0.3) is 0 Å². The molecule has 0 spiro atoms. The quantitative estimate of drug-likeness (QED) is 0.513. The van der Waals surface area contributed by atoms with Gasteiger partial charge < -0.3 is 10.1 Å². The lowest BCUT2D eigenvalue weighted by Gasteiger charge is -2.20. The van der Waals surface area contributed by atoms with Crippen LogP contribution in [-0.4, -0.2) is 27.5 Å². The molecule has 3 aromatic rings. The van der Waals surface area contributed by atoms with Crippen LogP contribution in [0.1, 0.15) is 11.1 Å². The summed E-state index contributed by atoms with van der Waals surface area (Å²) in [6.45, 7) is 0.285. The molecule has 0 saturated carbocycles. The van der Waals surface area contributed by atoms with Gasteiger partial charge in [0.05, 0.1) is 7.11 Å². The zero-order valence-corrected chi connectivity index (χ0v) is 18.5. The Morgan fingerprint density at radius 1 is 0.968 bits per heavy atom. The molecule has 162 valence electrons. The Balaban J connectivity index is 1.85. The number of carbonyl (C=O) groups is 1. The second-order valence-corrected chi connectivity index (χ2v) is 8.98. The van der Waals surface area contributed by atoms with Crippen molar-refractivity contribution in [3.63, 3.8) is 0 Å². The summed E-state index contributed by atoms with van der Waals surface area (Å²) in [7, 11) is -2.72. The van der Waals surface area contributed by atoms with E-state index in [4.69, 9.17) is 16.3 Å². The molecule has 0 aromatic heterocycles. The average Bonchev–Trinajstić information content (AvgIpc) is 2.78. The molecule has 0 saturated heterocycles. The summed E-state index contributed by atoms with van der Waals surface area (Å²) in [5, 5.41) is 3.05. The topological polar surface area (TPSA) is 84.5 Å². The van der Waals surface area contributed by atoms with E-state index in [0.29, 0.717) is 0 Å². The molecule has 0 heterocycles. The molecule has 8 heteroatoms. The third-order valence-corrected chi connectivity index (χ3v) is 6.35. The van der Waals surface area contributed by atoms with Crippen LogP contribution in [0.3, 0.4) is 0 Å². The van der Waals surface area contributed by atoms with Crippen LogP contribution in [0.5, 0.6) is 5.75 Å². The minimum atomic E-state index is -4.09. The standard InChI is InChI=1S/C23H23ClN2O4S/c1-30-21-13-12-19(24)15-22(21)31(28,29)26-20(14-17-8-4-2-5-9-17)23(27)25-16-18-10-6-3-7-11-18/h2-13,15,20,26H,14,16H2,1H3,(H,25,27)/t20-/m1/s1. The Labute approximate surface area is 187 Å².